The monoisotopic (exact) mass is 419 g/mol. The third-order valence-electron chi connectivity index (χ3n) is 4.81. The SMILES string of the molecule is CNS(=O)(=O)c1cccc(C(C)Nc2nc(-c3cccnc3)nc3ccccc23)c1. The van der Waals surface area contributed by atoms with Gasteiger partial charge in [-0.15, -0.1) is 0 Å². The summed E-state index contributed by atoms with van der Waals surface area (Å²) in [6.07, 6.45) is 3.43. The van der Waals surface area contributed by atoms with Gasteiger partial charge in [-0.05, 0) is 55.9 Å². The maximum atomic E-state index is 12.2. The van der Waals surface area contributed by atoms with Crippen molar-refractivity contribution in [1.82, 2.24) is 19.7 Å². The van der Waals surface area contributed by atoms with Gasteiger partial charge in [-0.2, -0.15) is 0 Å². The number of hydrogen-bond acceptors (Lipinski definition) is 6. The number of aromatic nitrogens is 3. The fourth-order valence-corrected chi connectivity index (χ4v) is 3.95. The van der Waals surface area contributed by atoms with E-state index < -0.39 is 10.0 Å². The Labute approximate surface area is 175 Å². The van der Waals surface area contributed by atoms with Crippen LogP contribution in [0.4, 0.5) is 5.82 Å². The van der Waals surface area contributed by atoms with E-state index in [1.54, 1.807) is 30.6 Å². The number of fused-ring (bicyclic) bond motifs is 1. The van der Waals surface area contributed by atoms with Crippen molar-refractivity contribution in [3.05, 3.63) is 78.6 Å². The Balaban J connectivity index is 1.74. The van der Waals surface area contributed by atoms with Crippen LogP contribution in [0.2, 0.25) is 0 Å². The maximum absolute atomic E-state index is 12.2. The number of nitrogens with one attached hydrogen (secondary N) is 2. The Morgan fingerprint density at radius 3 is 2.57 bits per heavy atom. The number of para-hydroxylation sites is 1. The van der Waals surface area contributed by atoms with Gasteiger partial charge in [-0.1, -0.05) is 24.3 Å². The van der Waals surface area contributed by atoms with E-state index >= 15 is 0 Å². The van der Waals surface area contributed by atoms with Crippen molar-refractivity contribution in [1.29, 1.82) is 0 Å². The highest BCUT2D eigenvalue weighted by Gasteiger charge is 2.16. The Kier molecular flexibility index (Phi) is 5.43. The van der Waals surface area contributed by atoms with Crippen LogP contribution in [0, 0.1) is 0 Å². The van der Waals surface area contributed by atoms with Crippen LogP contribution in [-0.4, -0.2) is 30.4 Å². The summed E-state index contributed by atoms with van der Waals surface area (Å²) in [7, 11) is -2.12. The number of anilines is 1. The first-order valence-electron chi connectivity index (χ1n) is 9.45. The number of hydrogen-bond donors (Lipinski definition) is 2. The van der Waals surface area contributed by atoms with Crippen LogP contribution in [0.3, 0.4) is 0 Å². The lowest BCUT2D eigenvalue weighted by molar-refractivity contribution is 0.588. The molecule has 30 heavy (non-hydrogen) atoms. The van der Waals surface area contributed by atoms with Gasteiger partial charge in [0, 0.05) is 23.3 Å². The van der Waals surface area contributed by atoms with Crippen LogP contribution < -0.4 is 10.0 Å². The molecule has 0 bridgehead atoms. The lowest BCUT2D eigenvalue weighted by Crippen LogP contribution is -2.19. The smallest absolute Gasteiger partial charge is 0.240 e. The normalized spacial score (nSPS) is 12.6. The van der Waals surface area contributed by atoms with Gasteiger partial charge in [0.2, 0.25) is 10.0 Å². The van der Waals surface area contributed by atoms with Crippen molar-refractivity contribution in [3.63, 3.8) is 0 Å². The molecular weight excluding hydrogens is 398 g/mol. The summed E-state index contributed by atoms with van der Waals surface area (Å²) in [4.78, 5) is 13.8. The zero-order chi connectivity index (χ0) is 21.1. The minimum Gasteiger partial charge on any atom is -0.363 e. The standard InChI is InChI=1S/C22H21N5O2S/c1-15(16-7-5-9-18(13-16)30(28,29)23-2)25-22-19-10-3-4-11-20(19)26-21(27-22)17-8-6-12-24-14-17/h3-15,23H,1-2H3,(H,25,26,27). The van der Waals surface area contributed by atoms with Crippen molar-refractivity contribution in [2.75, 3.05) is 12.4 Å². The third kappa shape index (κ3) is 4.00. The van der Waals surface area contributed by atoms with E-state index in [9.17, 15) is 8.42 Å². The molecule has 0 aliphatic rings. The first kappa shape index (κ1) is 19.9. The van der Waals surface area contributed by atoms with Crippen molar-refractivity contribution in [3.8, 4) is 11.4 Å². The minimum atomic E-state index is -3.51. The fraction of sp³-hybridized carbons (Fsp3) is 0.136. The molecule has 0 radical (unpaired) electrons. The number of nitrogens with zero attached hydrogens (tertiary/aromatic N) is 3. The average molecular weight is 420 g/mol. The van der Waals surface area contributed by atoms with Gasteiger partial charge >= 0.3 is 0 Å². The topological polar surface area (TPSA) is 96.9 Å². The van der Waals surface area contributed by atoms with Crippen LogP contribution in [-0.2, 0) is 10.0 Å². The largest absolute Gasteiger partial charge is 0.363 e. The molecule has 0 saturated heterocycles. The molecule has 4 rings (SSSR count). The zero-order valence-electron chi connectivity index (χ0n) is 16.6. The van der Waals surface area contributed by atoms with Crippen LogP contribution in [0.5, 0.6) is 0 Å². The molecule has 0 amide bonds. The van der Waals surface area contributed by atoms with Crippen molar-refractivity contribution in [2.24, 2.45) is 0 Å². The minimum absolute atomic E-state index is 0.183. The molecule has 1 unspecified atom stereocenters. The van der Waals surface area contributed by atoms with Gasteiger partial charge in [0.05, 0.1) is 16.5 Å². The Morgan fingerprint density at radius 1 is 0.967 bits per heavy atom. The average Bonchev–Trinajstić information content (AvgIpc) is 2.79. The van der Waals surface area contributed by atoms with Crippen molar-refractivity contribution in [2.45, 2.75) is 17.9 Å². The van der Waals surface area contributed by atoms with Gasteiger partial charge in [0.25, 0.3) is 0 Å². The predicted molar refractivity (Wildman–Crippen MR) is 117 cm³/mol. The van der Waals surface area contributed by atoms with Crippen LogP contribution in [0.25, 0.3) is 22.3 Å². The molecule has 0 saturated carbocycles. The summed E-state index contributed by atoms with van der Waals surface area (Å²) in [6.45, 7) is 1.96. The Hall–Kier alpha value is -3.36. The number of benzene rings is 2. The van der Waals surface area contributed by atoms with E-state index in [1.165, 1.54) is 7.05 Å². The highest BCUT2D eigenvalue weighted by atomic mass is 32.2. The van der Waals surface area contributed by atoms with Gasteiger partial charge in [0.15, 0.2) is 5.82 Å². The van der Waals surface area contributed by atoms with Crippen LogP contribution in [0.1, 0.15) is 18.5 Å². The molecule has 2 aromatic heterocycles. The van der Waals surface area contributed by atoms with Crippen molar-refractivity contribution >= 4 is 26.7 Å². The molecule has 4 aromatic rings. The van der Waals surface area contributed by atoms with Crippen LogP contribution in [0.15, 0.2) is 78.0 Å². The summed E-state index contributed by atoms with van der Waals surface area (Å²) in [5.74, 6) is 1.25. The number of sulfonamides is 1. The summed E-state index contributed by atoms with van der Waals surface area (Å²) in [6, 6.07) is 18.2. The van der Waals surface area contributed by atoms with E-state index in [1.807, 2.05) is 49.4 Å². The second-order valence-corrected chi connectivity index (χ2v) is 8.69. The van der Waals surface area contributed by atoms with E-state index in [0.29, 0.717) is 11.6 Å². The Morgan fingerprint density at radius 2 is 1.80 bits per heavy atom. The molecule has 7 nitrogen and oxygen atoms in total. The molecular formula is C22H21N5O2S. The molecule has 2 N–H and O–H groups in total. The lowest BCUT2D eigenvalue weighted by Gasteiger charge is -2.18. The number of pyridine rings is 1. The summed E-state index contributed by atoms with van der Waals surface area (Å²) >= 11 is 0. The van der Waals surface area contributed by atoms with Gasteiger partial charge in [-0.25, -0.2) is 23.1 Å². The summed E-state index contributed by atoms with van der Waals surface area (Å²) < 4.78 is 26.7. The molecule has 0 fully saturated rings. The quantitative estimate of drug-likeness (QED) is 0.494. The highest BCUT2D eigenvalue weighted by Crippen LogP contribution is 2.28. The zero-order valence-corrected chi connectivity index (χ0v) is 17.4. The van der Waals surface area contributed by atoms with Crippen LogP contribution >= 0.6 is 0 Å². The molecule has 1 atom stereocenters. The molecule has 2 aromatic carbocycles. The number of rotatable bonds is 6. The fourth-order valence-electron chi connectivity index (χ4n) is 3.17. The van der Waals surface area contributed by atoms with Crippen molar-refractivity contribution < 1.29 is 8.42 Å². The molecule has 0 aliphatic carbocycles. The molecule has 2 heterocycles. The lowest BCUT2D eigenvalue weighted by atomic mass is 10.1. The first-order valence-corrected chi connectivity index (χ1v) is 10.9. The van der Waals surface area contributed by atoms with E-state index in [0.717, 1.165) is 22.0 Å². The van der Waals surface area contributed by atoms with E-state index in [4.69, 9.17) is 4.98 Å². The predicted octanol–water partition coefficient (Wildman–Crippen LogP) is 3.77. The third-order valence-corrected chi connectivity index (χ3v) is 6.23. The first-order chi connectivity index (χ1) is 14.5. The molecule has 152 valence electrons. The summed E-state index contributed by atoms with van der Waals surface area (Å²) in [5.41, 5.74) is 2.46. The van der Waals surface area contributed by atoms with Gasteiger partial charge < -0.3 is 5.32 Å². The van der Waals surface area contributed by atoms with E-state index in [2.05, 4.69) is 20.0 Å². The second-order valence-electron chi connectivity index (χ2n) is 6.80. The summed E-state index contributed by atoms with van der Waals surface area (Å²) in [5, 5.41) is 4.31. The molecule has 8 heteroatoms. The second kappa shape index (κ2) is 8.17. The molecule has 0 aliphatic heterocycles. The van der Waals surface area contributed by atoms with Gasteiger partial charge in [0.1, 0.15) is 5.82 Å². The molecule has 0 spiro atoms. The Bertz CT molecular complexity index is 1290. The van der Waals surface area contributed by atoms with E-state index in [-0.39, 0.29) is 10.9 Å². The highest BCUT2D eigenvalue weighted by molar-refractivity contribution is 7.89. The van der Waals surface area contributed by atoms with Gasteiger partial charge in [-0.3, -0.25) is 4.98 Å². The maximum Gasteiger partial charge on any atom is 0.240 e.